The summed E-state index contributed by atoms with van der Waals surface area (Å²) in [7, 11) is 0. The molecule has 0 bridgehead atoms. The van der Waals surface area contributed by atoms with Crippen LogP contribution < -0.4 is 15.6 Å². The highest BCUT2D eigenvalue weighted by molar-refractivity contribution is 5.94. The molecule has 2 aromatic rings. The minimum atomic E-state index is -4.41. The number of piperidine rings is 1. The van der Waals surface area contributed by atoms with E-state index < -0.39 is 17.3 Å². The Morgan fingerprint density at radius 2 is 2.03 bits per heavy atom. The second kappa shape index (κ2) is 8.77. The Bertz CT molecular complexity index is 904. The van der Waals surface area contributed by atoms with Crippen LogP contribution in [-0.4, -0.2) is 34.9 Å². The van der Waals surface area contributed by atoms with Crippen molar-refractivity contribution in [2.75, 3.05) is 13.1 Å². The van der Waals surface area contributed by atoms with Crippen molar-refractivity contribution < 1.29 is 22.7 Å². The van der Waals surface area contributed by atoms with Gasteiger partial charge in [0.1, 0.15) is 11.8 Å². The van der Waals surface area contributed by atoms with Crippen LogP contribution in [0.25, 0.3) is 0 Å². The number of nitrogens with zero attached hydrogens (tertiary/aromatic N) is 1. The van der Waals surface area contributed by atoms with E-state index >= 15 is 0 Å². The lowest BCUT2D eigenvalue weighted by molar-refractivity contribution is -0.137. The zero-order valence-corrected chi connectivity index (χ0v) is 15.9. The fraction of sp³-hybridized carbons (Fsp3) is 0.450. The first kappa shape index (κ1) is 21.0. The number of rotatable bonds is 6. The van der Waals surface area contributed by atoms with Gasteiger partial charge in [-0.25, -0.2) is 0 Å². The molecule has 29 heavy (non-hydrogen) atoms. The predicted molar refractivity (Wildman–Crippen MR) is 100 cm³/mol. The topological polar surface area (TPSA) is 84.1 Å². The van der Waals surface area contributed by atoms with E-state index in [1.165, 1.54) is 12.1 Å². The lowest BCUT2D eigenvalue weighted by Gasteiger charge is -2.23. The normalized spacial score (nSPS) is 18.3. The van der Waals surface area contributed by atoms with Crippen LogP contribution in [0.4, 0.5) is 13.2 Å². The molecule has 1 aromatic carbocycles. The standard InChI is InChI=1S/C20H22F3N3O3/c1-12(13-4-6-14(7-5-13)20(21,22)23)9-17(27)16-10-18(28)26-19(25-16)29-15-3-2-8-24-11-15/h4-7,10,12,15,24H,2-3,8-9,11H2,1H3,(H,25,26,28). The Morgan fingerprint density at radius 3 is 2.66 bits per heavy atom. The summed E-state index contributed by atoms with van der Waals surface area (Å²) in [5.41, 5.74) is -0.661. The van der Waals surface area contributed by atoms with Crippen LogP contribution in [0.15, 0.2) is 35.1 Å². The minimum absolute atomic E-state index is 0.00302. The molecule has 2 N–H and O–H groups in total. The molecule has 1 aromatic heterocycles. The number of benzene rings is 1. The summed E-state index contributed by atoms with van der Waals surface area (Å²) in [6.45, 7) is 3.27. The Balaban J connectivity index is 1.68. The Kier molecular flexibility index (Phi) is 6.36. The van der Waals surface area contributed by atoms with Crippen LogP contribution >= 0.6 is 0 Å². The van der Waals surface area contributed by atoms with Crippen molar-refractivity contribution in [1.29, 1.82) is 0 Å². The predicted octanol–water partition coefficient (Wildman–Crippen LogP) is 3.30. The van der Waals surface area contributed by atoms with Crippen molar-refractivity contribution in [1.82, 2.24) is 15.3 Å². The highest BCUT2D eigenvalue weighted by Gasteiger charge is 2.30. The van der Waals surface area contributed by atoms with Gasteiger partial charge in [0.25, 0.3) is 11.6 Å². The van der Waals surface area contributed by atoms with Crippen molar-refractivity contribution in [2.24, 2.45) is 0 Å². The quantitative estimate of drug-likeness (QED) is 0.716. The van der Waals surface area contributed by atoms with Crippen LogP contribution in [0.5, 0.6) is 6.01 Å². The van der Waals surface area contributed by atoms with Gasteiger partial charge in [0.15, 0.2) is 5.78 Å². The maximum absolute atomic E-state index is 12.7. The monoisotopic (exact) mass is 409 g/mol. The maximum atomic E-state index is 12.7. The van der Waals surface area contributed by atoms with Crippen LogP contribution in [-0.2, 0) is 6.18 Å². The zero-order chi connectivity index (χ0) is 21.0. The van der Waals surface area contributed by atoms with Gasteiger partial charge in [0, 0.05) is 19.0 Å². The number of ketones is 1. The first-order valence-electron chi connectivity index (χ1n) is 9.41. The summed E-state index contributed by atoms with van der Waals surface area (Å²) in [5, 5.41) is 3.18. The number of halogens is 3. The number of ether oxygens (including phenoxy) is 1. The van der Waals surface area contributed by atoms with E-state index in [1.54, 1.807) is 6.92 Å². The van der Waals surface area contributed by atoms with E-state index in [2.05, 4.69) is 15.3 Å². The van der Waals surface area contributed by atoms with Gasteiger partial charge < -0.3 is 10.1 Å². The third kappa shape index (κ3) is 5.66. The molecule has 1 fully saturated rings. The van der Waals surface area contributed by atoms with E-state index in [0.717, 1.165) is 37.6 Å². The third-order valence-electron chi connectivity index (χ3n) is 4.83. The maximum Gasteiger partial charge on any atom is 0.416 e. The number of carbonyl (C=O) groups excluding carboxylic acids is 1. The molecule has 1 aliphatic rings. The van der Waals surface area contributed by atoms with Gasteiger partial charge in [-0.2, -0.15) is 18.2 Å². The van der Waals surface area contributed by atoms with Crippen LogP contribution in [0.2, 0.25) is 0 Å². The van der Waals surface area contributed by atoms with E-state index in [4.69, 9.17) is 4.74 Å². The molecule has 1 aliphatic heterocycles. The number of hydrogen-bond acceptors (Lipinski definition) is 5. The van der Waals surface area contributed by atoms with Gasteiger partial charge in [-0.15, -0.1) is 0 Å². The summed E-state index contributed by atoms with van der Waals surface area (Å²) in [6.07, 6.45) is -2.77. The number of Topliss-reactive ketones (excluding diaryl/α,β-unsaturated/α-hetero) is 1. The number of aromatic amines is 1. The molecule has 0 spiro atoms. The molecular weight excluding hydrogens is 387 g/mol. The van der Waals surface area contributed by atoms with Crippen molar-refractivity contribution in [3.05, 3.63) is 57.5 Å². The summed E-state index contributed by atoms with van der Waals surface area (Å²) in [5.74, 6) is -0.715. The van der Waals surface area contributed by atoms with Gasteiger partial charge in [-0.05, 0) is 43.0 Å². The van der Waals surface area contributed by atoms with E-state index in [9.17, 15) is 22.8 Å². The van der Waals surface area contributed by atoms with Crippen LogP contribution in [0.1, 0.15) is 53.7 Å². The van der Waals surface area contributed by atoms with Crippen molar-refractivity contribution in [2.45, 2.75) is 44.4 Å². The minimum Gasteiger partial charge on any atom is -0.460 e. The summed E-state index contributed by atoms with van der Waals surface area (Å²) < 4.78 is 43.7. The fourth-order valence-corrected chi connectivity index (χ4v) is 3.21. The summed E-state index contributed by atoms with van der Waals surface area (Å²) in [4.78, 5) is 31.1. The third-order valence-corrected chi connectivity index (χ3v) is 4.83. The highest BCUT2D eigenvalue weighted by Crippen LogP contribution is 2.30. The molecule has 0 radical (unpaired) electrons. The summed E-state index contributed by atoms with van der Waals surface area (Å²) in [6, 6.07) is 5.80. The number of aromatic nitrogens is 2. The first-order valence-corrected chi connectivity index (χ1v) is 9.41. The molecule has 0 amide bonds. The van der Waals surface area contributed by atoms with E-state index in [0.29, 0.717) is 12.1 Å². The molecule has 2 unspecified atom stereocenters. The lowest BCUT2D eigenvalue weighted by atomic mass is 9.94. The van der Waals surface area contributed by atoms with Crippen molar-refractivity contribution in [3.63, 3.8) is 0 Å². The van der Waals surface area contributed by atoms with Crippen LogP contribution in [0.3, 0.4) is 0 Å². The number of hydrogen-bond donors (Lipinski definition) is 2. The van der Waals surface area contributed by atoms with E-state index in [1.807, 2.05) is 0 Å². The van der Waals surface area contributed by atoms with Gasteiger partial charge in [0.2, 0.25) is 0 Å². The smallest absolute Gasteiger partial charge is 0.416 e. The van der Waals surface area contributed by atoms with Crippen molar-refractivity contribution >= 4 is 5.78 Å². The van der Waals surface area contributed by atoms with Crippen LogP contribution in [0, 0.1) is 0 Å². The second-order valence-electron chi connectivity index (χ2n) is 7.17. The number of carbonyl (C=O) groups is 1. The largest absolute Gasteiger partial charge is 0.460 e. The Morgan fingerprint density at radius 1 is 1.31 bits per heavy atom. The first-order chi connectivity index (χ1) is 13.7. The lowest BCUT2D eigenvalue weighted by Crippen LogP contribution is -2.37. The molecule has 2 atom stereocenters. The SMILES string of the molecule is CC(CC(=O)c1cc(=O)[nH]c(OC2CCCNC2)n1)c1ccc(C(F)(F)F)cc1. The highest BCUT2D eigenvalue weighted by atomic mass is 19.4. The zero-order valence-electron chi connectivity index (χ0n) is 15.9. The Labute approximate surface area is 165 Å². The van der Waals surface area contributed by atoms with Gasteiger partial charge in [-0.3, -0.25) is 14.6 Å². The molecule has 6 nitrogen and oxygen atoms in total. The number of alkyl halides is 3. The van der Waals surface area contributed by atoms with Gasteiger partial charge in [0.05, 0.1) is 5.56 Å². The van der Waals surface area contributed by atoms with E-state index in [-0.39, 0.29) is 35.9 Å². The molecule has 1 saturated heterocycles. The summed E-state index contributed by atoms with van der Waals surface area (Å²) >= 11 is 0. The molecule has 9 heteroatoms. The van der Waals surface area contributed by atoms with Crippen molar-refractivity contribution in [3.8, 4) is 6.01 Å². The molecular formula is C20H22F3N3O3. The number of H-pyrrole nitrogens is 1. The number of nitrogens with one attached hydrogen (secondary N) is 2. The molecule has 2 heterocycles. The average molecular weight is 409 g/mol. The fourth-order valence-electron chi connectivity index (χ4n) is 3.21. The van der Waals surface area contributed by atoms with Gasteiger partial charge in [-0.1, -0.05) is 19.1 Å². The molecule has 0 saturated carbocycles. The average Bonchev–Trinajstić information content (AvgIpc) is 2.67. The Hall–Kier alpha value is -2.68. The molecule has 156 valence electrons. The second-order valence-corrected chi connectivity index (χ2v) is 7.17. The molecule has 3 rings (SSSR count). The van der Waals surface area contributed by atoms with Gasteiger partial charge >= 0.3 is 6.18 Å². The molecule has 0 aliphatic carbocycles.